The molecule has 1 aliphatic heterocycles. The fourth-order valence-corrected chi connectivity index (χ4v) is 5.83. The van der Waals surface area contributed by atoms with Crippen molar-refractivity contribution in [1.82, 2.24) is 29.1 Å². The summed E-state index contributed by atoms with van der Waals surface area (Å²) in [5, 5.41) is 8.30. The minimum atomic E-state index is -3.56. The van der Waals surface area contributed by atoms with Crippen LogP contribution in [0.4, 0.5) is 0 Å². The Morgan fingerprint density at radius 2 is 1.71 bits per heavy atom. The molecule has 0 radical (unpaired) electrons. The minimum absolute atomic E-state index is 0.101. The number of amides is 1. The van der Waals surface area contributed by atoms with Gasteiger partial charge in [-0.3, -0.25) is 9.69 Å². The molecule has 1 aromatic heterocycles. The van der Waals surface area contributed by atoms with Gasteiger partial charge in [-0.25, -0.2) is 13.1 Å². The third kappa shape index (κ3) is 5.29. The molecule has 0 saturated carbocycles. The topological polar surface area (TPSA) is 91.6 Å². The molecule has 10 heteroatoms. The van der Waals surface area contributed by atoms with E-state index in [-0.39, 0.29) is 10.8 Å². The fraction of sp³-hybridized carbons (Fsp3) is 0.458. The van der Waals surface area contributed by atoms with E-state index in [0.717, 1.165) is 38.2 Å². The molecule has 1 aliphatic rings. The largest absolute Gasteiger partial charge is 0.340 e. The SMILES string of the molecule is CCN(CC)S(=O)(=O)c1ccc2c(c1)nnn2CCC(=O)N1CCN(Cc2ccccc2)CC1. The van der Waals surface area contributed by atoms with Crippen LogP contribution < -0.4 is 0 Å². The minimum Gasteiger partial charge on any atom is -0.340 e. The van der Waals surface area contributed by atoms with Crippen LogP contribution >= 0.6 is 0 Å². The van der Waals surface area contributed by atoms with E-state index < -0.39 is 10.0 Å². The second kappa shape index (κ2) is 10.6. The lowest BCUT2D eigenvalue weighted by Gasteiger charge is -2.34. The molecule has 2 aromatic carbocycles. The molecule has 9 nitrogen and oxygen atoms in total. The molecule has 1 fully saturated rings. The lowest BCUT2D eigenvalue weighted by atomic mass is 10.2. The van der Waals surface area contributed by atoms with Crippen molar-refractivity contribution >= 4 is 27.0 Å². The zero-order valence-electron chi connectivity index (χ0n) is 19.8. The van der Waals surface area contributed by atoms with Crippen molar-refractivity contribution in [3.05, 3.63) is 54.1 Å². The Hall–Kier alpha value is -2.82. The van der Waals surface area contributed by atoms with Crippen LogP contribution in [0.2, 0.25) is 0 Å². The Morgan fingerprint density at radius 1 is 1.00 bits per heavy atom. The Kier molecular flexibility index (Phi) is 7.60. The number of hydrogen-bond donors (Lipinski definition) is 0. The van der Waals surface area contributed by atoms with Crippen LogP contribution in [-0.4, -0.2) is 82.7 Å². The molecular weight excluding hydrogens is 452 g/mol. The maximum Gasteiger partial charge on any atom is 0.243 e. The first kappa shape index (κ1) is 24.3. The number of piperazine rings is 1. The van der Waals surface area contributed by atoms with Crippen LogP contribution in [0.1, 0.15) is 25.8 Å². The number of sulfonamides is 1. The van der Waals surface area contributed by atoms with Crippen molar-refractivity contribution in [2.24, 2.45) is 0 Å². The highest BCUT2D eigenvalue weighted by Crippen LogP contribution is 2.21. The Balaban J connectivity index is 1.33. The molecule has 4 rings (SSSR count). The van der Waals surface area contributed by atoms with Gasteiger partial charge in [-0.2, -0.15) is 4.31 Å². The first-order valence-electron chi connectivity index (χ1n) is 11.8. The number of fused-ring (bicyclic) bond motifs is 1. The molecule has 0 atom stereocenters. The highest BCUT2D eigenvalue weighted by Gasteiger charge is 2.24. The third-order valence-corrected chi connectivity index (χ3v) is 8.39. The zero-order valence-corrected chi connectivity index (χ0v) is 20.6. The van der Waals surface area contributed by atoms with Gasteiger partial charge in [0.05, 0.1) is 17.0 Å². The molecule has 0 N–H and O–H groups in total. The summed E-state index contributed by atoms with van der Waals surface area (Å²) in [6.07, 6.45) is 0.330. The maximum absolute atomic E-state index is 12.8. The predicted molar refractivity (Wildman–Crippen MR) is 131 cm³/mol. The van der Waals surface area contributed by atoms with Gasteiger partial charge in [-0.1, -0.05) is 49.4 Å². The number of carbonyl (C=O) groups is 1. The maximum atomic E-state index is 12.8. The summed E-state index contributed by atoms with van der Waals surface area (Å²) in [5.74, 6) is 0.101. The lowest BCUT2D eigenvalue weighted by molar-refractivity contribution is -0.133. The molecule has 0 spiro atoms. The van der Waals surface area contributed by atoms with Crippen molar-refractivity contribution in [3.8, 4) is 0 Å². The van der Waals surface area contributed by atoms with Crippen molar-refractivity contribution < 1.29 is 13.2 Å². The summed E-state index contributed by atoms with van der Waals surface area (Å²) in [6, 6.07) is 15.2. The molecule has 2 heterocycles. The van der Waals surface area contributed by atoms with Gasteiger partial charge in [-0.05, 0) is 23.8 Å². The van der Waals surface area contributed by atoms with Crippen molar-refractivity contribution in [2.75, 3.05) is 39.3 Å². The van der Waals surface area contributed by atoms with Gasteiger partial charge < -0.3 is 4.90 Å². The highest BCUT2D eigenvalue weighted by molar-refractivity contribution is 7.89. The van der Waals surface area contributed by atoms with E-state index in [4.69, 9.17) is 0 Å². The number of rotatable bonds is 9. The first-order chi connectivity index (χ1) is 16.4. The predicted octanol–water partition coefficient (Wildman–Crippen LogP) is 2.20. The fourth-order valence-electron chi connectivity index (χ4n) is 4.35. The van der Waals surface area contributed by atoms with Gasteiger partial charge in [0.2, 0.25) is 15.9 Å². The van der Waals surface area contributed by atoms with E-state index in [9.17, 15) is 13.2 Å². The van der Waals surface area contributed by atoms with Crippen LogP contribution in [-0.2, 0) is 27.9 Å². The third-order valence-electron chi connectivity index (χ3n) is 6.34. The van der Waals surface area contributed by atoms with Gasteiger partial charge in [-0.15, -0.1) is 5.10 Å². The molecule has 0 bridgehead atoms. The molecule has 1 saturated heterocycles. The number of nitrogens with zero attached hydrogens (tertiary/aromatic N) is 6. The Morgan fingerprint density at radius 3 is 2.38 bits per heavy atom. The summed E-state index contributed by atoms with van der Waals surface area (Å²) in [5.41, 5.74) is 2.52. The standard InChI is InChI=1S/C24H32N6O3S/c1-3-29(4-2)34(32,33)21-10-11-23-22(18-21)25-26-30(23)13-12-24(31)28-16-14-27(15-17-28)19-20-8-6-5-7-9-20/h5-11,18H,3-4,12-17,19H2,1-2H3. The molecular formula is C24H32N6O3S. The summed E-state index contributed by atoms with van der Waals surface area (Å²) in [4.78, 5) is 17.3. The molecule has 0 aliphatic carbocycles. The average molecular weight is 485 g/mol. The van der Waals surface area contributed by atoms with E-state index in [1.807, 2.05) is 36.9 Å². The van der Waals surface area contributed by atoms with Crippen LogP contribution in [0.15, 0.2) is 53.4 Å². The van der Waals surface area contributed by atoms with Crippen molar-refractivity contribution in [2.45, 2.75) is 38.3 Å². The number of hydrogen-bond acceptors (Lipinski definition) is 6. The Labute approximate surface area is 201 Å². The number of benzene rings is 2. The molecule has 182 valence electrons. The first-order valence-corrected chi connectivity index (χ1v) is 13.2. The van der Waals surface area contributed by atoms with E-state index >= 15 is 0 Å². The highest BCUT2D eigenvalue weighted by atomic mass is 32.2. The average Bonchev–Trinajstić information content (AvgIpc) is 3.26. The van der Waals surface area contributed by atoms with E-state index in [0.29, 0.717) is 31.6 Å². The van der Waals surface area contributed by atoms with Crippen LogP contribution in [0.5, 0.6) is 0 Å². The smallest absolute Gasteiger partial charge is 0.243 e. The summed E-state index contributed by atoms with van der Waals surface area (Å²) < 4.78 is 28.6. The second-order valence-corrected chi connectivity index (χ2v) is 10.4. The lowest BCUT2D eigenvalue weighted by Crippen LogP contribution is -2.48. The summed E-state index contributed by atoms with van der Waals surface area (Å²) >= 11 is 0. The van der Waals surface area contributed by atoms with Gasteiger partial charge in [0.1, 0.15) is 5.52 Å². The van der Waals surface area contributed by atoms with Gasteiger partial charge in [0.25, 0.3) is 0 Å². The Bertz CT molecular complexity index is 1220. The summed E-state index contributed by atoms with van der Waals surface area (Å²) in [7, 11) is -3.56. The number of aromatic nitrogens is 3. The van der Waals surface area contributed by atoms with Gasteiger partial charge >= 0.3 is 0 Å². The van der Waals surface area contributed by atoms with Crippen molar-refractivity contribution in [1.29, 1.82) is 0 Å². The van der Waals surface area contributed by atoms with E-state index in [2.05, 4.69) is 27.3 Å². The molecule has 1 amide bonds. The number of aryl methyl sites for hydroxylation is 1. The molecule has 3 aromatic rings. The second-order valence-electron chi connectivity index (χ2n) is 8.44. The van der Waals surface area contributed by atoms with Crippen LogP contribution in [0, 0.1) is 0 Å². The van der Waals surface area contributed by atoms with Crippen LogP contribution in [0.25, 0.3) is 11.0 Å². The molecule has 0 unspecified atom stereocenters. The van der Waals surface area contributed by atoms with E-state index in [1.165, 1.54) is 9.87 Å². The quantitative estimate of drug-likeness (QED) is 0.462. The molecule has 34 heavy (non-hydrogen) atoms. The number of carbonyl (C=O) groups excluding carboxylic acids is 1. The van der Waals surface area contributed by atoms with Gasteiger partial charge in [0, 0.05) is 52.2 Å². The summed E-state index contributed by atoms with van der Waals surface area (Å²) in [6.45, 7) is 8.91. The van der Waals surface area contributed by atoms with Crippen LogP contribution in [0.3, 0.4) is 0 Å². The monoisotopic (exact) mass is 484 g/mol. The normalized spacial score (nSPS) is 15.3. The zero-order chi connectivity index (χ0) is 24.1. The van der Waals surface area contributed by atoms with Gasteiger partial charge in [0.15, 0.2) is 0 Å². The van der Waals surface area contributed by atoms with E-state index in [1.54, 1.807) is 22.9 Å². The van der Waals surface area contributed by atoms with Crippen molar-refractivity contribution in [3.63, 3.8) is 0 Å².